The van der Waals surface area contributed by atoms with Crippen molar-refractivity contribution in [2.24, 2.45) is 0 Å². The molecule has 4 aromatic carbocycles. The van der Waals surface area contributed by atoms with Gasteiger partial charge in [-0.25, -0.2) is 14.5 Å². The van der Waals surface area contributed by atoms with Crippen molar-refractivity contribution in [1.29, 1.82) is 0 Å². The normalized spacial score (nSPS) is 17.4. The molecule has 1 aliphatic heterocycles. The number of esters is 2. The van der Waals surface area contributed by atoms with Gasteiger partial charge in [0.25, 0.3) is 11.8 Å². The highest BCUT2D eigenvalue weighted by molar-refractivity contribution is 6.27. The number of amides is 2. The molecule has 0 bridgehead atoms. The van der Waals surface area contributed by atoms with E-state index < -0.39 is 36.0 Å². The molecule has 1 aliphatic rings. The van der Waals surface area contributed by atoms with Gasteiger partial charge in [0.05, 0.1) is 16.8 Å². The SMILES string of the molecule is O=C(O[C@@H]1C(=O)N(c2cccc3ccccc23)C(=O)[C@@H]1OC(=O)c1ccccc1)c1ccccc1. The summed E-state index contributed by atoms with van der Waals surface area (Å²) >= 11 is 0. The lowest BCUT2D eigenvalue weighted by Crippen LogP contribution is -2.37. The predicted octanol–water partition coefficient (Wildman–Crippen LogP) is 4.16. The van der Waals surface area contributed by atoms with Crippen LogP contribution in [0.3, 0.4) is 0 Å². The Morgan fingerprint density at radius 3 is 1.57 bits per heavy atom. The number of benzene rings is 4. The van der Waals surface area contributed by atoms with Gasteiger partial charge in [0.2, 0.25) is 12.2 Å². The Labute approximate surface area is 200 Å². The number of imide groups is 1. The average molecular weight is 465 g/mol. The first-order valence-electron chi connectivity index (χ1n) is 10.9. The van der Waals surface area contributed by atoms with Crippen LogP contribution in [-0.4, -0.2) is 36.0 Å². The Morgan fingerprint density at radius 2 is 1.03 bits per heavy atom. The number of anilines is 1. The third-order valence-corrected chi connectivity index (χ3v) is 5.70. The number of fused-ring (bicyclic) bond motifs is 1. The molecule has 7 nitrogen and oxygen atoms in total. The van der Waals surface area contributed by atoms with E-state index in [0.29, 0.717) is 11.1 Å². The number of carbonyl (C=O) groups excluding carboxylic acids is 4. The Balaban J connectivity index is 1.53. The van der Waals surface area contributed by atoms with Crippen molar-refractivity contribution in [1.82, 2.24) is 0 Å². The van der Waals surface area contributed by atoms with Crippen molar-refractivity contribution >= 4 is 40.2 Å². The molecule has 0 spiro atoms. The van der Waals surface area contributed by atoms with Gasteiger partial charge in [-0.2, -0.15) is 0 Å². The molecular weight excluding hydrogens is 446 g/mol. The van der Waals surface area contributed by atoms with E-state index in [1.807, 2.05) is 18.2 Å². The van der Waals surface area contributed by atoms with E-state index >= 15 is 0 Å². The largest absolute Gasteiger partial charge is 0.444 e. The van der Waals surface area contributed by atoms with Gasteiger partial charge in [-0.05, 0) is 35.7 Å². The summed E-state index contributed by atoms with van der Waals surface area (Å²) in [7, 11) is 0. The minimum absolute atomic E-state index is 0.199. The van der Waals surface area contributed by atoms with E-state index in [4.69, 9.17) is 9.47 Å². The van der Waals surface area contributed by atoms with Crippen LogP contribution < -0.4 is 4.90 Å². The molecule has 4 aromatic rings. The van der Waals surface area contributed by atoms with Gasteiger partial charge in [0, 0.05) is 5.39 Å². The van der Waals surface area contributed by atoms with Crippen LogP contribution in [-0.2, 0) is 19.1 Å². The molecule has 0 N–H and O–H groups in total. The molecule has 0 unspecified atom stereocenters. The summed E-state index contributed by atoms with van der Waals surface area (Å²) in [6.45, 7) is 0. The predicted molar refractivity (Wildman–Crippen MR) is 128 cm³/mol. The third-order valence-electron chi connectivity index (χ3n) is 5.70. The molecule has 0 saturated carbocycles. The standard InChI is InChI=1S/C28H19NO6/c30-25-23(34-27(32)19-11-3-1-4-12-19)24(35-28(33)20-13-5-2-6-14-20)26(31)29(25)22-17-9-15-18-10-7-8-16-21(18)22/h1-17,23-24H/t23-,24+. The van der Waals surface area contributed by atoms with Crippen molar-refractivity contribution < 1.29 is 28.7 Å². The van der Waals surface area contributed by atoms with Crippen molar-refractivity contribution in [2.45, 2.75) is 12.2 Å². The van der Waals surface area contributed by atoms with Crippen LogP contribution in [0.1, 0.15) is 20.7 Å². The van der Waals surface area contributed by atoms with E-state index in [2.05, 4.69) is 0 Å². The van der Waals surface area contributed by atoms with Gasteiger partial charge < -0.3 is 9.47 Å². The first-order chi connectivity index (χ1) is 17.0. The Hall–Kier alpha value is -4.78. The van der Waals surface area contributed by atoms with E-state index in [1.54, 1.807) is 60.7 Å². The molecule has 0 aliphatic carbocycles. The molecule has 2 atom stereocenters. The van der Waals surface area contributed by atoms with Crippen LogP contribution in [0.2, 0.25) is 0 Å². The van der Waals surface area contributed by atoms with Gasteiger partial charge in [0.15, 0.2) is 0 Å². The number of hydrogen-bond acceptors (Lipinski definition) is 6. The number of rotatable bonds is 5. The minimum atomic E-state index is -1.64. The summed E-state index contributed by atoms with van der Waals surface area (Å²) in [5, 5.41) is 1.47. The van der Waals surface area contributed by atoms with Crippen molar-refractivity contribution in [2.75, 3.05) is 4.90 Å². The van der Waals surface area contributed by atoms with Crippen LogP contribution in [0.5, 0.6) is 0 Å². The van der Waals surface area contributed by atoms with Crippen LogP contribution in [0.4, 0.5) is 5.69 Å². The molecule has 1 heterocycles. The topological polar surface area (TPSA) is 90.0 Å². The molecule has 172 valence electrons. The zero-order chi connectivity index (χ0) is 24.4. The highest BCUT2D eigenvalue weighted by Gasteiger charge is 2.53. The second-order valence-electron chi connectivity index (χ2n) is 7.89. The number of carbonyl (C=O) groups is 4. The molecule has 1 fully saturated rings. The van der Waals surface area contributed by atoms with Crippen LogP contribution in [0.15, 0.2) is 103 Å². The van der Waals surface area contributed by atoms with Gasteiger partial charge in [0.1, 0.15) is 0 Å². The highest BCUT2D eigenvalue weighted by Crippen LogP contribution is 2.33. The lowest BCUT2D eigenvalue weighted by atomic mass is 10.1. The monoisotopic (exact) mass is 465 g/mol. The van der Waals surface area contributed by atoms with Crippen molar-refractivity contribution in [3.8, 4) is 0 Å². The van der Waals surface area contributed by atoms with Gasteiger partial charge >= 0.3 is 11.9 Å². The van der Waals surface area contributed by atoms with Gasteiger partial charge in [-0.15, -0.1) is 0 Å². The number of hydrogen-bond donors (Lipinski definition) is 0. The van der Waals surface area contributed by atoms with Crippen LogP contribution in [0.25, 0.3) is 10.8 Å². The Morgan fingerprint density at radius 1 is 0.571 bits per heavy atom. The average Bonchev–Trinajstić information content (AvgIpc) is 3.13. The molecule has 1 saturated heterocycles. The fourth-order valence-corrected chi connectivity index (χ4v) is 4.00. The number of nitrogens with zero attached hydrogens (tertiary/aromatic N) is 1. The first kappa shape index (κ1) is 22.0. The van der Waals surface area contributed by atoms with E-state index in [-0.39, 0.29) is 11.1 Å². The molecule has 35 heavy (non-hydrogen) atoms. The van der Waals surface area contributed by atoms with E-state index in [1.165, 1.54) is 24.3 Å². The van der Waals surface area contributed by atoms with E-state index in [9.17, 15) is 19.2 Å². The zero-order valence-electron chi connectivity index (χ0n) is 18.4. The summed E-state index contributed by atoms with van der Waals surface area (Å²) in [4.78, 5) is 53.4. The second-order valence-corrected chi connectivity index (χ2v) is 7.89. The Kier molecular flexibility index (Phi) is 5.81. The van der Waals surface area contributed by atoms with Gasteiger partial charge in [-0.1, -0.05) is 72.8 Å². The van der Waals surface area contributed by atoms with E-state index in [0.717, 1.165) is 10.3 Å². The summed E-state index contributed by atoms with van der Waals surface area (Å²) in [6.07, 6.45) is -3.27. The fraction of sp³-hybridized carbons (Fsp3) is 0.0714. The summed E-state index contributed by atoms with van der Waals surface area (Å²) in [5.74, 6) is -3.20. The molecule has 0 radical (unpaired) electrons. The minimum Gasteiger partial charge on any atom is -0.444 e. The number of ether oxygens (including phenoxy) is 2. The van der Waals surface area contributed by atoms with Crippen LogP contribution in [0, 0.1) is 0 Å². The third kappa shape index (κ3) is 4.15. The molecule has 7 heteroatoms. The van der Waals surface area contributed by atoms with Crippen molar-refractivity contribution in [3.63, 3.8) is 0 Å². The fourth-order valence-electron chi connectivity index (χ4n) is 4.00. The molecular formula is C28H19NO6. The Bertz CT molecular complexity index is 1360. The molecule has 0 aromatic heterocycles. The summed E-state index contributed by atoms with van der Waals surface area (Å²) in [5.41, 5.74) is 0.714. The zero-order valence-corrected chi connectivity index (χ0v) is 18.4. The van der Waals surface area contributed by atoms with Gasteiger partial charge in [-0.3, -0.25) is 9.59 Å². The quantitative estimate of drug-likeness (QED) is 0.325. The van der Waals surface area contributed by atoms with Crippen LogP contribution >= 0.6 is 0 Å². The van der Waals surface area contributed by atoms with Crippen molar-refractivity contribution in [3.05, 3.63) is 114 Å². The maximum atomic E-state index is 13.5. The first-order valence-corrected chi connectivity index (χ1v) is 10.9. The molecule has 5 rings (SSSR count). The summed E-state index contributed by atoms with van der Waals surface area (Å²) in [6, 6.07) is 28.6. The maximum Gasteiger partial charge on any atom is 0.339 e. The lowest BCUT2D eigenvalue weighted by Gasteiger charge is -2.16. The second kappa shape index (κ2) is 9.23. The lowest BCUT2D eigenvalue weighted by molar-refractivity contribution is -0.130. The molecule has 2 amide bonds. The smallest absolute Gasteiger partial charge is 0.339 e. The maximum absolute atomic E-state index is 13.5. The highest BCUT2D eigenvalue weighted by atomic mass is 16.6. The summed E-state index contributed by atoms with van der Waals surface area (Å²) < 4.78 is 10.9.